The highest BCUT2D eigenvalue weighted by Gasteiger charge is 2.31. The van der Waals surface area contributed by atoms with Crippen molar-refractivity contribution in [3.8, 4) is 17.1 Å². The molecule has 0 aliphatic carbocycles. The fraction of sp³-hybridized carbons (Fsp3) is 0.0455. The molecule has 0 saturated carbocycles. The number of aromatic nitrogens is 4. The summed E-state index contributed by atoms with van der Waals surface area (Å²) in [6.07, 6.45) is -4.47. The van der Waals surface area contributed by atoms with Crippen LogP contribution in [0.1, 0.15) is 5.56 Å². The first-order chi connectivity index (χ1) is 14.4. The Kier molecular flexibility index (Phi) is 4.22. The SMILES string of the molecule is FC(F)(F)c1cccc(-n2c(-c3cccc(Cl)c3)nc3nc4ccccc4nc32)c1. The summed E-state index contributed by atoms with van der Waals surface area (Å²) in [6, 6.07) is 19.3. The number of imidazole rings is 1. The van der Waals surface area contributed by atoms with Crippen molar-refractivity contribution in [2.45, 2.75) is 6.18 Å². The maximum absolute atomic E-state index is 13.3. The smallest absolute Gasteiger partial charge is 0.275 e. The van der Waals surface area contributed by atoms with Crippen molar-refractivity contribution in [1.82, 2.24) is 19.5 Å². The van der Waals surface area contributed by atoms with Gasteiger partial charge in [-0.25, -0.2) is 15.0 Å². The van der Waals surface area contributed by atoms with Gasteiger partial charge in [-0.3, -0.25) is 4.57 Å². The Balaban J connectivity index is 1.86. The summed E-state index contributed by atoms with van der Waals surface area (Å²) in [6.45, 7) is 0. The van der Waals surface area contributed by atoms with Crippen molar-refractivity contribution in [3.05, 3.63) is 83.4 Å². The van der Waals surface area contributed by atoms with Gasteiger partial charge in [0.05, 0.1) is 16.6 Å². The second-order valence-electron chi connectivity index (χ2n) is 6.69. The molecule has 148 valence electrons. The fourth-order valence-electron chi connectivity index (χ4n) is 3.34. The number of para-hydroxylation sites is 2. The minimum absolute atomic E-state index is 0.284. The number of nitrogens with zero attached hydrogens (tertiary/aromatic N) is 4. The van der Waals surface area contributed by atoms with Crippen molar-refractivity contribution in [2.24, 2.45) is 0 Å². The molecule has 8 heteroatoms. The zero-order valence-corrected chi connectivity index (χ0v) is 16.0. The molecule has 0 bridgehead atoms. The van der Waals surface area contributed by atoms with Gasteiger partial charge in [-0.15, -0.1) is 0 Å². The van der Waals surface area contributed by atoms with Gasteiger partial charge in [-0.1, -0.05) is 41.9 Å². The van der Waals surface area contributed by atoms with Crippen LogP contribution in [0.3, 0.4) is 0 Å². The summed E-state index contributed by atoms with van der Waals surface area (Å²) in [4.78, 5) is 13.8. The van der Waals surface area contributed by atoms with Crippen LogP contribution in [0.25, 0.3) is 39.4 Å². The first kappa shape index (κ1) is 18.6. The standard InChI is InChI=1S/C22H12ClF3N4/c23-15-7-3-5-13(11-15)20-29-19-21(28-18-10-2-1-9-17(18)27-19)30(20)16-8-4-6-14(12-16)22(24,25)26/h1-12H. The van der Waals surface area contributed by atoms with E-state index >= 15 is 0 Å². The lowest BCUT2D eigenvalue weighted by Gasteiger charge is -2.12. The number of benzene rings is 3. The van der Waals surface area contributed by atoms with Gasteiger partial charge in [-0.2, -0.15) is 13.2 Å². The second-order valence-corrected chi connectivity index (χ2v) is 7.13. The van der Waals surface area contributed by atoms with E-state index in [0.717, 1.165) is 12.1 Å². The van der Waals surface area contributed by atoms with E-state index in [1.165, 1.54) is 6.07 Å². The quantitative estimate of drug-likeness (QED) is 0.333. The molecule has 0 N–H and O–H groups in total. The predicted octanol–water partition coefficient (Wildman–Crippen LogP) is 6.31. The van der Waals surface area contributed by atoms with E-state index in [9.17, 15) is 13.2 Å². The Hall–Kier alpha value is -3.45. The van der Waals surface area contributed by atoms with Crippen LogP contribution in [0, 0.1) is 0 Å². The third-order valence-electron chi connectivity index (χ3n) is 4.68. The number of hydrogen-bond acceptors (Lipinski definition) is 3. The average molecular weight is 425 g/mol. The third kappa shape index (κ3) is 3.17. The van der Waals surface area contributed by atoms with Crippen molar-refractivity contribution in [3.63, 3.8) is 0 Å². The minimum Gasteiger partial charge on any atom is -0.275 e. The number of rotatable bonds is 2. The number of hydrogen-bond donors (Lipinski definition) is 0. The topological polar surface area (TPSA) is 43.6 Å². The molecule has 0 spiro atoms. The molecule has 0 unspecified atom stereocenters. The van der Waals surface area contributed by atoms with E-state index in [2.05, 4.69) is 15.0 Å². The van der Waals surface area contributed by atoms with E-state index in [0.29, 0.717) is 38.7 Å². The predicted molar refractivity (Wildman–Crippen MR) is 110 cm³/mol. The molecule has 0 aliphatic rings. The molecule has 0 atom stereocenters. The monoisotopic (exact) mass is 424 g/mol. The van der Waals surface area contributed by atoms with Crippen LogP contribution in [0.15, 0.2) is 72.8 Å². The molecular formula is C22H12ClF3N4. The zero-order valence-electron chi connectivity index (χ0n) is 15.2. The molecule has 0 radical (unpaired) electrons. The first-order valence-corrected chi connectivity index (χ1v) is 9.37. The molecule has 2 aromatic heterocycles. The molecule has 3 aromatic carbocycles. The number of fused-ring (bicyclic) bond motifs is 2. The highest BCUT2D eigenvalue weighted by Crippen LogP contribution is 2.33. The lowest BCUT2D eigenvalue weighted by atomic mass is 10.1. The van der Waals surface area contributed by atoms with Crippen molar-refractivity contribution < 1.29 is 13.2 Å². The minimum atomic E-state index is -4.47. The van der Waals surface area contributed by atoms with Gasteiger partial charge in [0.1, 0.15) is 5.82 Å². The lowest BCUT2D eigenvalue weighted by molar-refractivity contribution is -0.137. The zero-order chi connectivity index (χ0) is 20.9. The van der Waals surface area contributed by atoms with Crippen LogP contribution in [-0.4, -0.2) is 19.5 Å². The normalized spacial score (nSPS) is 12.0. The second kappa shape index (κ2) is 6.81. The third-order valence-corrected chi connectivity index (χ3v) is 4.92. The van der Waals surface area contributed by atoms with Gasteiger partial charge in [0.2, 0.25) is 0 Å². The molecule has 0 aliphatic heterocycles. The number of halogens is 4. The Labute approximate surface area is 173 Å². The largest absolute Gasteiger partial charge is 0.416 e. The highest BCUT2D eigenvalue weighted by molar-refractivity contribution is 6.30. The van der Waals surface area contributed by atoms with E-state index in [4.69, 9.17) is 11.6 Å². The first-order valence-electron chi connectivity index (χ1n) is 8.99. The van der Waals surface area contributed by atoms with Gasteiger partial charge < -0.3 is 0 Å². The lowest BCUT2D eigenvalue weighted by Crippen LogP contribution is -2.07. The average Bonchev–Trinajstić information content (AvgIpc) is 3.10. The summed E-state index contributed by atoms with van der Waals surface area (Å²) in [7, 11) is 0. The summed E-state index contributed by atoms with van der Waals surface area (Å²) in [5.74, 6) is 0.405. The van der Waals surface area contributed by atoms with Gasteiger partial charge in [0.25, 0.3) is 0 Å². The van der Waals surface area contributed by atoms with Crippen molar-refractivity contribution >= 4 is 33.9 Å². The summed E-state index contributed by atoms with van der Waals surface area (Å²) in [5, 5.41) is 0.487. The molecule has 0 saturated heterocycles. The highest BCUT2D eigenvalue weighted by atomic mass is 35.5. The molecule has 5 rings (SSSR count). The van der Waals surface area contributed by atoms with Crippen LogP contribution in [0.2, 0.25) is 5.02 Å². The molecule has 2 heterocycles. The maximum atomic E-state index is 13.3. The van der Waals surface area contributed by atoms with E-state index in [-0.39, 0.29) is 5.69 Å². The number of alkyl halides is 3. The Morgan fingerprint density at radius 2 is 1.50 bits per heavy atom. The maximum Gasteiger partial charge on any atom is 0.416 e. The molecule has 5 aromatic rings. The van der Waals surface area contributed by atoms with Crippen LogP contribution < -0.4 is 0 Å². The van der Waals surface area contributed by atoms with Crippen molar-refractivity contribution in [2.75, 3.05) is 0 Å². The van der Waals surface area contributed by atoms with Gasteiger partial charge in [0.15, 0.2) is 11.3 Å². The Bertz CT molecular complexity index is 1410. The molecule has 0 fully saturated rings. The molecule has 0 amide bonds. The van der Waals surface area contributed by atoms with Gasteiger partial charge in [0, 0.05) is 16.3 Å². The Morgan fingerprint density at radius 3 is 2.23 bits per heavy atom. The van der Waals surface area contributed by atoms with Crippen LogP contribution in [-0.2, 0) is 6.18 Å². The van der Waals surface area contributed by atoms with E-state index in [1.807, 2.05) is 18.2 Å². The summed E-state index contributed by atoms with van der Waals surface area (Å²) < 4.78 is 41.6. The summed E-state index contributed by atoms with van der Waals surface area (Å²) >= 11 is 6.15. The Morgan fingerprint density at radius 1 is 0.767 bits per heavy atom. The van der Waals surface area contributed by atoms with Crippen molar-refractivity contribution in [1.29, 1.82) is 0 Å². The van der Waals surface area contributed by atoms with Crippen LogP contribution in [0.5, 0.6) is 0 Å². The van der Waals surface area contributed by atoms with Gasteiger partial charge in [-0.05, 0) is 42.5 Å². The van der Waals surface area contributed by atoms with Gasteiger partial charge >= 0.3 is 6.18 Å². The summed E-state index contributed by atoms with van der Waals surface area (Å²) in [5.41, 5.74) is 2.14. The van der Waals surface area contributed by atoms with Crippen LogP contribution in [0.4, 0.5) is 13.2 Å². The fourth-order valence-corrected chi connectivity index (χ4v) is 3.53. The van der Waals surface area contributed by atoms with E-state index < -0.39 is 11.7 Å². The van der Waals surface area contributed by atoms with E-state index in [1.54, 1.807) is 41.0 Å². The van der Waals surface area contributed by atoms with Crippen LogP contribution >= 0.6 is 11.6 Å². The molecule has 4 nitrogen and oxygen atoms in total. The molecule has 30 heavy (non-hydrogen) atoms. The molecular weight excluding hydrogens is 413 g/mol.